The van der Waals surface area contributed by atoms with E-state index in [1.165, 1.54) is 49.3 Å². The van der Waals surface area contributed by atoms with Crippen molar-refractivity contribution in [1.29, 1.82) is 0 Å². The minimum atomic E-state index is -0.109. The minimum absolute atomic E-state index is 0.109. The minimum Gasteiger partial charge on any atom is -0.309 e. The number of anilines is 8. The van der Waals surface area contributed by atoms with Crippen molar-refractivity contribution in [2.45, 2.75) is 38.0 Å². The van der Waals surface area contributed by atoms with Crippen LogP contribution in [0, 0.1) is 0 Å². The first-order valence-corrected chi connectivity index (χ1v) is 24.8. The van der Waals surface area contributed by atoms with Crippen molar-refractivity contribution < 1.29 is 0 Å². The third-order valence-electron chi connectivity index (χ3n) is 13.6. The molecule has 0 unspecified atom stereocenters. The summed E-state index contributed by atoms with van der Waals surface area (Å²) in [5.41, 5.74) is 19.8. The van der Waals surface area contributed by atoms with Crippen LogP contribution in [-0.2, 0) is 5.41 Å². The van der Waals surface area contributed by atoms with Crippen LogP contribution in [0.2, 0.25) is 0 Å². The average Bonchev–Trinajstić information content (AvgIpc) is 3.40. The van der Waals surface area contributed by atoms with Gasteiger partial charge in [0, 0.05) is 21.4 Å². The number of para-hydroxylation sites is 7. The van der Waals surface area contributed by atoms with E-state index in [-0.39, 0.29) is 5.41 Å². The summed E-state index contributed by atoms with van der Waals surface area (Å²) in [4.78, 5) is 8.40. The summed E-state index contributed by atoms with van der Waals surface area (Å²) < 4.78 is 0. The highest BCUT2D eigenvalue weighted by Gasteiger charge is 2.37. The largest absolute Gasteiger partial charge is 0.309 e. The lowest BCUT2D eigenvalue weighted by Gasteiger charge is -2.42. The van der Waals surface area contributed by atoms with E-state index >= 15 is 0 Å². The van der Waals surface area contributed by atoms with E-state index in [1.54, 1.807) is 11.8 Å². The standard InChI is InChI=1S/C63H47N3S.C2H6/c1-43-29-37-48(65-56-23-11-9-21-53(56)63(2,3)54-22-10-12-24-57(54)65)42-67-62-41-45(34-38-49(43)62)31-30-44-32-35-46(36-33-44)50-39-40-55(52-20-8-7-19-51(50)52)66-60-27-15-13-25-58(60)64(47-17-5-4-6-18-47)59-26-14-16-28-61(59)66;1-2/h4-42H,1H2,2-3H3;1-2H3/b31-30+,37-29-,48-42+;. The Morgan fingerprint density at radius 3 is 1.58 bits per heavy atom. The molecule has 0 aliphatic carbocycles. The van der Waals surface area contributed by atoms with Gasteiger partial charge in [-0.1, -0.05) is 210 Å². The molecule has 3 heterocycles. The lowest BCUT2D eigenvalue weighted by Crippen LogP contribution is -2.32. The monoisotopic (exact) mass is 907 g/mol. The van der Waals surface area contributed by atoms with Crippen molar-refractivity contribution in [2.24, 2.45) is 0 Å². The van der Waals surface area contributed by atoms with Crippen molar-refractivity contribution >= 4 is 85.8 Å². The molecular weight excluding hydrogens is 855 g/mol. The molecule has 0 atom stereocenters. The Bertz CT molecular complexity index is 3410. The number of allylic oxidation sites excluding steroid dienone is 3. The highest BCUT2D eigenvalue weighted by molar-refractivity contribution is 8.02. The van der Waals surface area contributed by atoms with Crippen molar-refractivity contribution in [3.63, 3.8) is 0 Å². The normalized spacial score (nSPS) is 15.6. The maximum Gasteiger partial charge on any atom is 0.0703 e. The molecular formula is C65H53N3S. The Kier molecular flexibility index (Phi) is 11.5. The fraction of sp³-hybridized carbons (Fsp3) is 0.0769. The van der Waals surface area contributed by atoms with Crippen LogP contribution in [0.3, 0.4) is 0 Å². The number of benzene rings is 9. The SMILES string of the molecule is C=C1/C=C\C(N2c3ccccc3C(C)(C)c3ccccc32)=C/Sc2cc(/C=C/c3ccc(-c4ccc(N5c6ccccc6N(c6ccccc6)c6ccccc65)c5ccccc45)cc3)ccc21.CC. The lowest BCUT2D eigenvalue weighted by molar-refractivity contribution is 0.630. The van der Waals surface area contributed by atoms with Crippen molar-refractivity contribution in [2.75, 3.05) is 14.7 Å². The average molecular weight is 908 g/mol. The molecule has 0 fully saturated rings. The molecule has 9 aromatic rings. The zero-order valence-electron chi connectivity index (χ0n) is 39.5. The van der Waals surface area contributed by atoms with Gasteiger partial charge in [0.1, 0.15) is 0 Å². The molecule has 0 amide bonds. The second-order valence-electron chi connectivity index (χ2n) is 17.9. The quantitative estimate of drug-likeness (QED) is 0.154. The van der Waals surface area contributed by atoms with Crippen LogP contribution in [0.4, 0.5) is 45.5 Å². The van der Waals surface area contributed by atoms with E-state index in [0.717, 1.165) is 62.1 Å². The topological polar surface area (TPSA) is 9.72 Å². The third-order valence-corrected chi connectivity index (χ3v) is 14.5. The van der Waals surface area contributed by atoms with Crippen LogP contribution in [0.25, 0.3) is 39.6 Å². The molecule has 0 saturated carbocycles. The fourth-order valence-electron chi connectivity index (χ4n) is 10.3. The molecule has 0 N–H and O–H groups in total. The second-order valence-corrected chi connectivity index (χ2v) is 18.8. The van der Waals surface area contributed by atoms with Gasteiger partial charge in [-0.15, -0.1) is 0 Å². The summed E-state index contributed by atoms with van der Waals surface area (Å²) in [5.74, 6) is 0. The first kappa shape index (κ1) is 43.5. The second kappa shape index (κ2) is 18.2. The number of fused-ring (bicyclic) bond motifs is 6. The van der Waals surface area contributed by atoms with Crippen LogP contribution in [0.1, 0.15) is 55.5 Å². The van der Waals surface area contributed by atoms with Crippen LogP contribution in [0.15, 0.2) is 241 Å². The Hall–Kier alpha value is -8.05. The number of hydrogen-bond donors (Lipinski definition) is 0. The van der Waals surface area contributed by atoms with Gasteiger partial charge in [0.15, 0.2) is 0 Å². The molecule has 9 aromatic carbocycles. The van der Waals surface area contributed by atoms with Crippen LogP contribution >= 0.6 is 11.8 Å². The third kappa shape index (κ3) is 7.68. The highest BCUT2D eigenvalue weighted by Crippen LogP contribution is 2.56. The van der Waals surface area contributed by atoms with Crippen molar-refractivity contribution in [3.05, 3.63) is 264 Å². The zero-order valence-corrected chi connectivity index (χ0v) is 40.3. The van der Waals surface area contributed by atoms with E-state index in [2.05, 4.69) is 271 Å². The smallest absolute Gasteiger partial charge is 0.0703 e. The van der Waals surface area contributed by atoms with Crippen molar-refractivity contribution in [1.82, 2.24) is 0 Å². The number of rotatable bonds is 6. The first-order valence-electron chi connectivity index (χ1n) is 23.9. The van der Waals surface area contributed by atoms with Crippen LogP contribution in [0.5, 0.6) is 0 Å². The van der Waals surface area contributed by atoms with Gasteiger partial charge in [-0.3, -0.25) is 0 Å². The van der Waals surface area contributed by atoms with E-state index in [1.807, 2.05) is 13.8 Å². The number of thioether (sulfide) groups is 1. The van der Waals surface area contributed by atoms with Crippen LogP contribution in [-0.4, -0.2) is 0 Å². The van der Waals surface area contributed by atoms with E-state index in [0.29, 0.717) is 0 Å². The van der Waals surface area contributed by atoms with Gasteiger partial charge in [0.25, 0.3) is 0 Å². The Labute approximate surface area is 411 Å². The molecule has 3 aliphatic rings. The summed E-state index contributed by atoms with van der Waals surface area (Å²) in [6.45, 7) is 13.2. The molecule has 334 valence electrons. The summed E-state index contributed by atoms with van der Waals surface area (Å²) in [7, 11) is 0. The van der Waals surface area contributed by atoms with E-state index in [4.69, 9.17) is 0 Å². The molecule has 69 heavy (non-hydrogen) atoms. The predicted molar refractivity (Wildman–Crippen MR) is 298 cm³/mol. The van der Waals surface area contributed by atoms with Gasteiger partial charge in [-0.2, -0.15) is 0 Å². The molecule has 0 aromatic heterocycles. The van der Waals surface area contributed by atoms with E-state index < -0.39 is 0 Å². The molecule has 0 saturated heterocycles. The van der Waals surface area contributed by atoms with Gasteiger partial charge in [-0.05, 0) is 122 Å². The molecule has 3 aliphatic heterocycles. The summed E-state index contributed by atoms with van der Waals surface area (Å²) in [6.07, 6.45) is 8.80. The summed E-state index contributed by atoms with van der Waals surface area (Å²) >= 11 is 1.76. The molecule has 4 heteroatoms. The molecule has 0 radical (unpaired) electrons. The van der Waals surface area contributed by atoms with Gasteiger partial charge in [-0.25, -0.2) is 0 Å². The predicted octanol–water partition coefficient (Wildman–Crippen LogP) is 19.0. The Morgan fingerprint density at radius 1 is 0.435 bits per heavy atom. The molecule has 0 bridgehead atoms. The number of hydrogen-bond acceptors (Lipinski definition) is 4. The van der Waals surface area contributed by atoms with Gasteiger partial charge in [0.2, 0.25) is 0 Å². The molecule has 12 rings (SSSR count). The highest BCUT2D eigenvalue weighted by atomic mass is 32.2. The van der Waals surface area contributed by atoms with Gasteiger partial charge < -0.3 is 14.7 Å². The van der Waals surface area contributed by atoms with Crippen molar-refractivity contribution in [3.8, 4) is 11.1 Å². The molecule has 0 spiro atoms. The zero-order chi connectivity index (χ0) is 47.1. The van der Waals surface area contributed by atoms with E-state index in [9.17, 15) is 0 Å². The van der Waals surface area contributed by atoms with Gasteiger partial charge >= 0.3 is 0 Å². The van der Waals surface area contributed by atoms with Gasteiger partial charge in [0.05, 0.1) is 45.5 Å². The lowest BCUT2D eigenvalue weighted by atomic mass is 9.73. The Morgan fingerprint density at radius 2 is 0.942 bits per heavy atom. The fourth-order valence-corrected chi connectivity index (χ4v) is 11.2. The van der Waals surface area contributed by atoms with Crippen LogP contribution < -0.4 is 14.7 Å². The maximum atomic E-state index is 4.52. The maximum absolute atomic E-state index is 4.52. The summed E-state index contributed by atoms with van der Waals surface area (Å²) in [6, 6.07) is 74.8. The Balaban J connectivity index is 0.00000257. The summed E-state index contributed by atoms with van der Waals surface area (Å²) in [5, 5.41) is 4.71. The number of nitrogens with zero attached hydrogens (tertiary/aromatic N) is 3. The first-order chi connectivity index (χ1) is 33.9. The molecule has 3 nitrogen and oxygen atoms in total.